The summed E-state index contributed by atoms with van der Waals surface area (Å²) in [6, 6.07) is 7.77. The zero-order chi connectivity index (χ0) is 14.4. The normalized spacial score (nSPS) is 11.2. The van der Waals surface area contributed by atoms with Gasteiger partial charge in [-0.1, -0.05) is 34.8 Å². The number of aromatic nitrogens is 2. The highest BCUT2D eigenvalue weighted by Crippen LogP contribution is 2.30. The quantitative estimate of drug-likeness (QED) is 0.553. The highest BCUT2D eigenvalue weighted by Gasteiger charge is 2.11. The van der Waals surface area contributed by atoms with Gasteiger partial charge in [-0.05, 0) is 42.5 Å². The fraction of sp³-hybridized carbons (Fsp3) is 0. The Balaban J connectivity index is 2.35. The van der Waals surface area contributed by atoms with Crippen molar-refractivity contribution in [3.8, 4) is 5.69 Å². The van der Waals surface area contributed by atoms with Crippen LogP contribution in [0.1, 0.15) is 0 Å². The Morgan fingerprint density at radius 3 is 2.40 bits per heavy atom. The van der Waals surface area contributed by atoms with Crippen molar-refractivity contribution in [2.45, 2.75) is 0 Å². The fourth-order valence-electron chi connectivity index (χ4n) is 1.98. The van der Waals surface area contributed by atoms with Gasteiger partial charge in [0.1, 0.15) is 5.82 Å². The lowest BCUT2D eigenvalue weighted by Crippen LogP contribution is -1.94. The number of aromatic amines is 1. The van der Waals surface area contributed by atoms with E-state index in [-0.39, 0.29) is 5.02 Å². The van der Waals surface area contributed by atoms with Crippen LogP contribution < -0.4 is 0 Å². The second-order valence-electron chi connectivity index (χ2n) is 4.15. The molecule has 2 aromatic carbocycles. The molecule has 1 heterocycles. The van der Waals surface area contributed by atoms with E-state index in [2.05, 4.69) is 4.98 Å². The molecular formula is C13H6Cl3FN2S. The number of benzene rings is 2. The van der Waals surface area contributed by atoms with Gasteiger partial charge in [0, 0.05) is 0 Å². The maximum atomic E-state index is 13.3. The van der Waals surface area contributed by atoms with Crippen LogP contribution >= 0.6 is 47.0 Å². The van der Waals surface area contributed by atoms with E-state index in [4.69, 9.17) is 47.0 Å². The van der Waals surface area contributed by atoms with Gasteiger partial charge in [0.15, 0.2) is 4.77 Å². The first-order valence-corrected chi connectivity index (χ1v) is 7.07. The van der Waals surface area contributed by atoms with E-state index in [1.807, 2.05) is 0 Å². The highest BCUT2D eigenvalue weighted by atomic mass is 35.5. The van der Waals surface area contributed by atoms with Gasteiger partial charge in [-0.15, -0.1) is 0 Å². The molecule has 0 aliphatic carbocycles. The van der Waals surface area contributed by atoms with Crippen molar-refractivity contribution in [1.82, 2.24) is 9.55 Å². The van der Waals surface area contributed by atoms with Gasteiger partial charge in [0.2, 0.25) is 0 Å². The Labute approximate surface area is 133 Å². The lowest BCUT2D eigenvalue weighted by Gasteiger charge is -2.06. The summed E-state index contributed by atoms with van der Waals surface area (Å²) in [4.78, 5) is 3.03. The van der Waals surface area contributed by atoms with Crippen molar-refractivity contribution in [3.63, 3.8) is 0 Å². The first-order valence-electron chi connectivity index (χ1n) is 5.52. The summed E-state index contributed by atoms with van der Waals surface area (Å²) in [5.41, 5.74) is 2.13. The molecule has 0 fully saturated rings. The zero-order valence-electron chi connectivity index (χ0n) is 9.75. The van der Waals surface area contributed by atoms with Crippen molar-refractivity contribution < 1.29 is 4.39 Å². The Kier molecular flexibility index (Phi) is 3.50. The van der Waals surface area contributed by atoms with Crippen LogP contribution in [0.15, 0.2) is 30.3 Å². The minimum atomic E-state index is -0.483. The predicted molar refractivity (Wildman–Crippen MR) is 83.4 cm³/mol. The molecule has 1 aromatic heterocycles. The zero-order valence-corrected chi connectivity index (χ0v) is 12.8. The molecule has 0 bridgehead atoms. The van der Waals surface area contributed by atoms with Crippen LogP contribution in [0.25, 0.3) is 16.7 Å². The monoisotopic (exact) mass is 346 g/mol. The summed E-state index contributed by atoms with van der Waals surface area (Å²) in [6.45, 7) is 0. The number of fused-ring (bicyclic) bond motifs is 1. The second kappa shape index (κ2) is 5.04. The average Bonchev–Trinajstić information content (AvgIpc) is 2.69. The van der Waals surface area contributed by atoms with Crippen LogP contribution in [-0.2, 0) is 0 Å². The highest BCUT2D eigenvalue weighted by molar-refractivity contribution is 7.71. The molecule has 0 unspecified atom stereocenters. The molecule has 0 saturated heterocycles. The molecule has 0 saturated carbocycles. The van der Waals surface area contributed by atoms with Crippen LogP contribution in [0.4, 0.5) is 4.39 Å². The topological polar surface area (TPSA) is 20.7 Å². The number of hydrogen-bond acceptors (Lipinski definition) is 1. The minimum Gasteiger partial charge on any atom is -0.330 e. The molecule has 0 aliphatic rings. The largest absolute Gasteiger partial charge is 0.330 e. The number of nitrogens with zero attached hydrogens (tertiary/aromatic N) is 1. The molecule has 0 aliphatic heterocycles. The number of imidazole rings is 1. The van der Waals surface area contributed by atoms with Crippen LogP contribution in [0.5, 0.6) is 0 Å². The number of halogens is 4. The first-order chi connectivity index (χ1) is 9.47. The smallest absolute Gasteiger partial charge is 0.182 e. The maximum absolute atomic E-state index is 13.3. The SMILES string of the molecule is Fc1ccc(-n2c(=S)[nH]c3cc(Cl)c(Cl)cc32)cc1Cl. The molecule has 102 valence electrons. The summed E-state index contributed by atoms with van der Waals surface area (Å²) < 4.78 is 15.4. The Morgan fingerprint density at radius 1 is 1.00 bits per heavy atom. The Bertz CT molecular complexity index is 885. The van der Waals surface area contributed by atoms with Crippen molar-refractivity contribution in [3.05, 3.63) is 56.0 Å². The van der Waals surface area contributed by atoms with Crippen molar-refractivity contribution in [1.29, 1.82) is 0 Å². The molecular weight excluding hydrogens is 342 g/mol. The third kappa shape index (κ3) is 2.23. The van der Waals surface area contributed by atoms with Gasteiger partial charge < -0.3 is 4.98 Å². The summed E-state index contributed by atoms with van der Waals surface area (Å²) in [5.74, 6) is -0.483. The number of rotatable bonds is 1. The van der Waals surface area contributed by atoms with E-state index in [0.29, 0.717) is 20.5 Å². The molecule has 3 aromatic rings. The Morgan fingerprint density at radius 2 is 1.70 bits per heavy atom. The van der Waals surface area contributed by atoms with Gasteiger partial charge in [-0.25, -0.2) is 4.39 Å². The summed E-state index contributed by atoms with van der Waals surface area (Å²) in [5, 5.41) is 0.869. The van der Waals surface area contributed by atoms with E-state index in [1.165, 1.54) is 12.1 Å². The van der Waals surface area contributed by atoms with Gasteiger partial charge in [-0.2, -0.15) is 0 Å². The number of H-pyrrole nitrogens is 1. The third-order valence-corrected chi connectivity index (χ3v) is 4.18. The molecule has 2 nitrogen and oxygen atoms in total. The van der Waals surface area contributed by atoms with Crippen molar-refractivity contribution in [2.24, 2.45) is 0 Å². The third-order valence-electron chi connectivity index (χ3n) is 2.89. The van der Waals surface area contributed by atoms with Crippen LogP contribution in [0, 0.1) is 10.6 Å². The van der Waals surface area contributed by atoms with Crippen LogP contribution in [0.2, 0.25) is 15.1 Å². The van der Waals surface area contributed by atoms with Crippen molar-refractivity contribution >= 4 is 58.1 Å². The lowest BCUT2D eigenvalue weighted by atomic mass is 10.2. The van der Waals surface area contributed by atoms with E-state index < -0.39 is 5.82 Å². The van der Waals surface area contributed by atoms with E-state index in [9.17, 15) is 4.39 Å². The van der Waals surface area contributed by atoms with Crippen LogP contribution in [0.3, 0.4) is 0 Å². The first kappa shape index (κ1) is 13.9. The maximum Gasteiger partial charge on any atom is 0.182 e. The molecule has 1 N–H and O–H groups in total. The van der Waals surface area contributed by atoms with E-state index in [0.717, 1.165) is 11.0 Å². The molecule has 0 amide bonds. The molecule has 3 rings (SSSR count). The summed E-state index contributed by atoms with van der Waals surface area (Å²) in [6.07, 6.45) is 0. The molecule has 0 radical (unpaired) electrons. The van der Waals surface area contributed by atoms with Crippen LogP contribution in [-0.4, -0.2) is 9.55 Å². The van der Waals surface area contributed by atoms with Gasteiger partial charge >= 0.3 is 0 Å². The standard InChI is InChI=1S/C13H6Cl3FN2S/c14-7-4-11-12(5-8(7)15)19(13(20)18-11)6-1-2-10(17)9(16)3-6/h1-5H,(H,18,20). The number of nitrogens with one attached hydrogen (secondary N) is 1. The molecule has 0 spiro atoms. The number of hydrogen-bond donors (Lipinski definition) is 1. The summed E-state index contributed by atoms with van der Waals surface area (Å²) >= 11 is 23.1. The second-order valence-corrected chi connectivity index (χ2v) is 5.76. The Hall–Kier alpha value is -1.07. The molecule has 7 heteroatoms. The molecule has 20 heavy (non-hydrogen) atoms. The lowest BCUT2D eigenvalue weighted by molar-refractivity contribution is 0.628. The predicted octanol–water partition coefficient (Wildman–Crippen LogP) is 5.79. The van der Waals surface area contributed by atoms with Crippen molar-refractivity contribution in [2.75, 3.05) is 0 Å². The average molecular weight is 348 g/mol. The van der Waals surface area contributed by atoms with E-state index >= 15 is 0 Å². The van der Waals surface area contributed by atoms with Gasteiger partial charge in [0.25, 0.3) is 0 Å². The summed E-state index contributed by atoms with van der Waals surface area (Å²) in [7, 11) is 0. The van der Waals surface area contributed by atoms with Gasteiger partial charge in [0.05, 0.1) is 31.8 Å². The molecule has 0 atom stereocenters. The van der Waals surface area contributed by atoms with Gasteiger partial charge in [-0.3, -0.25) is 4.57 Å². The minimum absolute atomic E-state index is 0.0267. The fourth-order valence-corrected chi connectivity index (χ4v) is 2.79. The van der Waals surface area contributed by atoms with E-state index in [1.54, 1.807) is 22.8 Å².